The van der Waals surface area contributed by atoms with Crippen LogP contribution in [0.15, 0.2) is 60.7 Å². The third kappa shape index (κ3) is 1.67. The molecule has 0 radical (unpaired) electrons. The summed E-state index contributed by atoms with van der Waals surface area (Å²) < 4.78 is 4.10. The van der Waals surface area contributed by atoms with Crippen LogP contribution in [0.3, 0.4) is 0 Å². The van der Waals surface area contributed by atoms with Crippen LogP contribution < -0.4 is 0 Å². The molecule has 0 aromatic heterocycles. The molecule has 2 aromatic carbocycles. The average Bonchev–Trinajstić information content (AvgIpc) is 2.96. The standard InChI is InChI=1S/2C9H7.C3H6.Zr/c2*1-2-5-9-7-3-6-8(9)4-1;1-3-2;/h2*1-7H;3H,1H2,2H3;. The molecule has 3 atom stereocenters. The van der Waals surface area contributed by atoms with Crippen molar-refractivity contribution in [2.75, 3.05) is 0 Å². The van der Waals surface area contributed by atoms with Crippen molar-refractivity contribution in [3.8, 4) is 0 Å². The molecule has 22 heavy (non-hydrogen) atoms. The Hall–Kier alpha value is -1.20. The van der Waals surface area contributed by atoms with E-state index in [9.17, 15) is 0 Å². The Bertz CT molecular complexity index is 753. The van der Waals surface area contributed by atoms with Gasteiger partial charge in [0.15, 0.2) is 0 Å². The number of hydrogen-bond donors (Lipinski definition) is 0. The van der Waals surface area contributed by atoms with Gasteiger partial charge in [-0.15, -0.1) is 0 Å². The Kier molecular flexibility index (Phi) is 2.80. The first kappa shape index (κ1) is 13.3. The van der Waals surface area contributed by atoms with E-state index in [1.807, 2.05) is 0 Å². The zero-order valence-electron chi connectivity index (χ0n) is 12.9. The van der Waals surface area contributed by atoms with E-state index in [0.29, 0.717) is 0 Å². The molecule has 0 amide bonds. The first-order chi connectivity index (χ1) is 10.8. The van der Waals surface area contributed by atoms with Gasteiger partial charge < -0.3 is 0 Å². The van der Waals surface area contributed by atoms with Crippen molar-refractivity contribution >= 4 is 12.2 Å². The molecule has 1 fully saturated rings. The fourth-order valence-electron chi connectivity index (χ4n) is 4.97. The van der Waals surface area contributed by atoms with Gasteiger partial charge in [-0.25, -0.2) is 0 Å². The summed E-state index contributed by atoms with van der Waals surface area (Å²) in [5.74, 6) is 0. The molecule has 3 aliphatic rings. The van der Waals surface area contributed by atoms with Gasteiger partial charge in [-0.3, -0.25) is 0 Å². The normalized spacial score (nSPS) is 33.8. The van der Waals surface area contributed by atoms with Gasteiger partial charge in [-0.2, -0.15) is 0 Å². The summed E-state index contributed by atoms with van der Waals surface area (Å²) in [5.41, 5.74) is 6.19. The van der Waals surface area contributed by atoms with Crippen LogP contribution in [0.2, 0.25) is 7.75 Å². The van der Waals surface area contributed by atoms with Gasteiger partial charge in [0.05, 0.1) is 0 Å². The summed E-state index contributed by atoms with van der Waals surface area (Å²) in [7, 11) is 0. The van der Waals surface area contributed by atoms with Gasteiger partial charge in [-0.05, 0) is 0 Å². The second-order valence-electron chi connectivity index (χ2n) is 7.15. The number of hydrogen-bond acceptors (Lipinski definition) is 0. The Morgan fingerprint density at radius 2 is 1.23 bits per heavy atom. The van der Waals surface area contributed by atoms with Crippen molar-refractivity contribution in [3.63, 3.8) is 0 Å². The van der Waals surface area contributed by atoms with Crippen LogP contribution in [0, 0.1) is 0 Å². The van der Waals surface area contributed by atoms with Gasteiger partial charge in [0.25, 0.3) is 0 Å². The van der Waals surface area contributed by atoms with E-state index in [4.69, 9.17) is 0 Å². The first-order valence-electron chi connectivity index (χ1n) is 8.35. The summed E-state index contributed by atoms with van der Waals surface area (Å²) in [5, 5.41) is 0. The molecule has 0 spiro atoms. The van der Waals surface area contributed by atoms with Gasteiger partial charge in [0.1, 0.15) is 0 Å². The molecule has 1 heteroatoms. The summed E-state index contributed by atoms with van der Waals surface area (Å²) in [4.78, 5) is 0. The first-order valence-corrected chi connectivity index (χ1v) is 14.3. The molecule has 1 saturated heterocycles. The topological polar surface area (TPSA) is 0 Å². The zero-order valence-corrected chi connectivity index (χ0v) is 15.3. The summed E-state index contributed by atoms with van der Waals surface area (Å²) in [6.07, 6.45) is 9.88. The summed E-state index contributed by atoms with van der Waals surface area (Å²) in [6.45, 7) is 2.53. The second-order valence-corrected chi connectivity index (χ2v) is 19.1. The quantitative estimate of drug-likeness (QED) is 0.621. The molecule has 0 nitrogen and oxygen atoms in total. The Balaban J connectivity index is 1.62. The molecule has 0 saturated carbocycles. The van der Waals surface area contributed by atoms with Crippen molar-refractivity contribution in [2.45, 2.75) is 21.9 Å². The van der Waals surface area contributed by atoms with E-state index in [-0.39, 0.29) is 0 Å². The van der Waals surface area contributed by atoms with Gasteiger partial charge in [-0.1, -0.05) is 0 Å². The van der Waals surface area contributed by atoms with E-state index in [0.717, 1.165) is 10.9 Å². The molecule has 0 bridgehead atoms. The van der Waals surface area contributed by atoms with Crippen LogP contribution in [0.4, 0.5) is 0 Å². The molecule has 5 rings (SSSR count). The van der Waals surface area contributed by atoms with Gasteiger partial charge in [0.2, 0.25) is 0 Å². The Morgan fingerprint density at radius 3 is 1.68 bits per heavy atom. The third-order valence-electron chi connectivity index (χ3n) is 6.17. The van der Waals surface area contributed by atoms with Crippen LogP contribution in [-0.4, -0.2) is 0 Å². The minimum atomic E-state index is -2.26. The van der Waals surface area contributed by atoms with Crippen LogP contribution in [0.1, 0.15) is 36.4 Å². The monoisotopic (exact) mass is 362 g/mol. The maximum atomic E-state index is 2.55. The molecule has 3 unspecified atom stereocenters. The van der Waals surface area contributed by atoms with Crippen molar-refractivity contribution < 1.29 is 20.3 Å². The SMILES string of the molecule is C[CH]1[CH2][Zr]1([CH]1C=Cc2ccccc21)[CH]1C=Cc2ccccc21. The number of rotatable bonds is 2. The predicted molar refractivity (Wildman–Crippen MR) is 90.7 cm³/mol. The van der Waals surface area contributed by atoms with Crippen LogP contribution in [0.5, 0.6) is 0 Å². The third-order valence-corrected chi connectivity index (χ3v) is 21.3. The van der Waals surface area contributed by atoms with E-state index in [1.54, 1.807) is 15.3 Å². The fourth-order valence-corrected chi connectivity index (χ4v) is 22.3. The van der Waals surface area contributed by atoms with Crippen LogP contribution in [0.25, 0.3) is 12.2 Å². The van der Waals surface area contributed by atoms with E-state index in [1.165, 1.54) is 11.1 Å². The van der Waals surface area contributed by atoms with Crippen molar-refractivity contribution in [2.24, 2.45) is 0 Å². The Morgan fingerprint density at radius 1 is 0.773 bits per heavy atom. The average molecular weight is 364 g/mol. The second kappa shape index (κ2) is 4.65. The molecule has 2 aliphatic carbocycles. The van der Waals surface area contributed by atoms with Crippen molar-refractivity contribution in [1.82, 2.24) is 0 Å². The maximum absolute atomic E-state index is 2.55. The Labute approximate surface area is 137 Å². The van der Waals surface area contributed by atoms with E-state index >= 15 is 0 Å². The fraction of sp³-hybridized carbons (Fsp3) is 0.238. The van der Waals surface area contributed by atoms with E-state index in [2.05, 4.69) is 79.8 Å². The number of allylic oxidation sites excluding steroid dienone is 2. The zero-order chi connectivity index (χ0) is 14.7. The van der Waals surface area contributed by atoms with Gasteiger partial charge >= 0.3 is 137 Å². The van der Waals surface area contributed by atoms with E-state index < -0.39 is 20.3 Å². The van der Waals surface area contributed by atoms with Gasteiger partial charge in [0, 0.05) is 0 Å². The molecule has 108 valence electrons. The number of fused-ring (bicyclic) bond motifs is 2. The molecule has 0 N–H and O–H groups in total. The predicted octanol–water partition coefficient (Wildman–Crippen LogP) is 5.92. The van der Waals surface area contributed by atoms with Crippen LogP contribution in [-0.2, 0) is 20.3 Å². The summed E-state index contributed by atoms with van der Waals surface area (Å²) in [6, 6.07) is 18.1. The summed E-state index contributed by atoms with van der Waals surface area (Å²) >= 11 is -2.26. The minimum absolute atomic E-state index is 0.779. The number of benzene rings is 2. The molecule has 1 heterocycles. The van der Waals surface area contributed by atoms with Crippen LogP contribution >= 0.6 is 0 Å². The molecule has 2 aromatic rings. The van der Waals surface area contributed by atoms with Crippen molar-refractivity contribution in [1.29, 1.82) is 0 Å². The van der Waals surface area contributed by atoms with Crippen molar-refractivity contribution in [3.05, 3.63) is 82.9 Å². The molecular weight excluding hydrogens is 343 g/mol. The molecular formula is C21H20Zr. The molecule has 1 aliphatic heterocycles.